The molecular formula is C17H28N4O3. The molecule has 1 N–H and O–H groups in total. The van der Waals surface area contributed by atoms with Gasteiger partial charge in [-0.1, -0.05) is 0 Å². The van der Waals surface area contributed by atoms with Gasteiger partial charge in [0.15, 0.2) is 5.82 Å². The molecule has 0 radical (unpaired) electrons. The van der Waals surface area contributed by atoms with E-state index in [9.17, 15) is 9.59 Å². The molecule has 2 heterocycles. The first-order chi connectivity index (χ1) is 11.2. The SMILES string of the molecule is Cn1ccc(NC(=O)N2CCCC[C@@H]2CCC(=O)OC(C)(C)C)n1. The number of ether oxygens (including phenoxy) is 1. The number of carbonyl (C=O) groups is 2. The number of anilines is 1. The van der Waals surface area contributed by atoms with Crippen molar-refractivity contribution in [1.29, 1.82) is 0 Å². The van der Waals surface area contributed by atoms with E-state index in [1.165, 1.54) is 0 Å². The number of likely N-dealkylation sites (tertiary alicyclic amines) is 1. The van der Waals surface area contributed by atoms with Gasteiger partial charge in [-0.25, -0.2) is 4.79 Å². The van der Waals surface area contributed by atoms with Crippen molar-refractivity contribution in [3.63, 3.8) is 0 Å². The Kier molecular flexibility index (Phi) is 5.85. The molecule has 0 aliphatic carbocycles. The van der Waals surface area contributed by atoms with Crippen LogP contribution in [0.1, 0.15) is 52.9 Å². The number of hydrogen-bond acceptors (Lipinski definition) is 4. The Morgan fingerprint density at radius 2 is 2.12 bits per heavy atom. The van der Waals surface area contributed by atoms with Crippen molar-refractivity contribution >= 4 is 17.8 Å². The van der Waals surface area contributed by atoms with E-state index in [-0.39, 0.29) is 18.0 Å². The number of amides is 2. The third-order valence-electron chi connectivity index (χ3n) is 3.94. The van der Waals surface area contributed by atoms with Crippen LogP contribution in [0.25, 0.3) is 0 Å². The molecule has 0 bridgehead atoms. The van der Waals surface area contributed by atoms with Crippen LogP contribution in [-0.2, 0) is 16.6 Å². The van der Waals surface area contributed by atoms with Crippen molar-refractivity contribution < 1.29 is 14.3 Å². The van der Waals surface area contributed by atoms with Crippen LogP contribution in [0.4, 0.5) is 10.6 Å². The Bertz CT molecular complexity index is 577. The highest BCUT2D eigenvalue weighted by molar-refractivity contribution is 5.88. The largest absolute Gasteiger partial charge is 0.460 e. The Morgan fingerprint density at radius 1 is 1.38 bits per heavy atom. The van der Waals surface area contributed by atoms with Gasteiger partial charge in [0.05, 0.1) is 0 Å². The summed E-state index contributed by atoms with van der Waals surface area (Å²) in [4.78, 5) is 26.2. The zero-order valence-corrected chi connectivity index (χ0v) is 15.0. The number of aromatic nitrogens is 2. The topological polar surface area (TPSA) is 76.5 Å². The van der Waals surface area contributed by atoms with Crippen LogP contribution in [-0.4, -0.2) is 44.9 Å². The Hall–Kier alpha value is -2.05. The fourth-order valence-corrected chi connectivity index (χ4v) is 2.91. The number of esters is 1. The van der Waals surface area contributed by atoms with Crippen LogP contribution >= 0.6 is 0 Å². The second-order valence-corrected chi connectivity index (χ2v) is 7.27. The Balaban J connectivity index is 1.89. The molecule has 134 valence electrons. The summed E-state index contributed by atoms with van der Waals surface area (Å²) in [5.74, 6) is 0.331. The summed E-state index contributed by atoms with van der Waals surface area (Å²) < 4.78 is 7.00. The number of hydrogen-bond donors (Lipinski definition) is 1. The molecule has 1 saturated heterocycles. The van der Waals surface area contributed by atoms with Gasteiger partial charge in [-0.2, -0.15) is 5.10 Å². The molecule has 7 heteroatoms. The van der Waals surface area contributed by atoms with Gasteiger partial charge in [0, 0.05) is 38.3 Å². The van der Waals surface area contributed by atoms with Crippen molar-refractivity contribution in [3.8, 4) is 0 Å². The first kappa shape index (κ1) is 18.3. The third-order valence-corrected chi connectivity index (χ3v) is 3.94. The van der Waals surface area contributed by atoms with Crippen LogP contribution in [0.3, 0.4) is 0 Å². The number of carbonyl (C=O) groups excluding carboxylic acids is 2. The molecular weight excluding hydrogens is 308 g/mol. The molecule has 0 aromatic carbocycles. The minimum Gasteiger partial charge on any atom is -0.460 e. The highest BCUT2D eigenvalue weighted by atomic mass is 16.6. The summed E-state index contributed by atoms with van der Waals surface area (Å²) in [6.07, 6.45) is 5.72. The molecule has 1 aliphatic rings. The van der Waals surface area contributed by atoms with Crippen molar-refractivity contribution in [2.45, 2.75) is 64.5 Å². The van der Waals surface area contributed by atoms with E-state index < -0.39 is 5.60 Å². The second kappa shape index (κ2) is 7.68. The van der Waals surface area contributed by atoms with Crippen LogP contribution < -0.4 is 5.32 Å². The van der Waals surface area contributed by atoms with Crippen LogP contribution in [0, 0.1) is 0 Å². The summed E-state index contributed by atoms with van der Waals surface area (Å²) in [5.41, 5.74) is -0.473. The van der Waals surface area contributed by atoms with Crippen molar-refractivity contribution in [2.75, 3.05) is 11.9 Å². The maximum atomic E-state index is 12.5. The maximum absolute atomic E-state index is 12.5. The van der Waals surface area contributed by atoms with Gasteiger partial charge in [-0.05, 0) is 46.5 Å². The van der Waals surface area contributed by atoms with Crippen molar-refractivity contribution in [1.82, 2.24) is 14.7 Å². The van der Waals surface area contributed by atoms with E-state index in [4.69, 9.17) is 4.74 Å². The minimum atomic E-state index is -0.473. The Labute approximate surface area is 143 Å². The van der Waals surface area contributed by atoms with Crippen molar-refractivity contribution in [2.24, 2.45) is 7.05 Å². The molecule has 1 aromatic heterocycles. The number of aryl methyl sites for hydroxylation is 1. The molecule has 2 rings (SSSR count). The summed E-state index contributed by atoms with van der Waals surface area (Å²) in [6, 6.07) is 1.68. The Morgan fingerprint density at radius 3 is 2.75 bits per heavy atom. The van der Waals surface area contributed by atoms with Gasteiger partial charge in [0.25, 0.3) is 0 Å². The second-order valence-electron chi connectivity index (χ2n) is 7.27. The predicted molar refractivity (Wildman–Crippen MR) is 91.7 cm³/mol. The van der Waals surface area contributed by atoms with Gasteiger partial charge < -0.3 is 9.64 Å². The predicted octanol–water partition coefficient (Wildman–Crippen LogP) is 2.93. The number of nitrogens with zero attached hydrogens (tertiary/aromatic N) is 3. The van der Waals surface area contributed by atoms with E-state index in [0.29, 0.717) is 25.2 Å². The lowest BCUT2D eigenvalue weighted by Crippen LogP contribution is -2.46. The fraction of sp³-hybridized carbons (Fsp3) is 0.706. The minimum absolute atomic E-state index is 0.0648. The quantitative estimate of drug-likeness (QED) is 0.858. The first-order valence-corrected chi connectivity index (χ1v) is 8.54. The first-order valence-electron chi connectivity index (χ1n) is 8.54. The zero-order chi connectivity index (χ0) is 17.7. The van der Waals surface area contributed by atoms with Gasteiger partial charge in [-0.3, -0.25) is 14.8 Å². The zero-order valence-electron chi connectivity index (χ0n) is 15.0. The normalized spacial score (nSPS) is 18.3. The molecule has 2 amide bonds. The highest BCUT2D eigenvalue weighted by Gasteiger charge is 2.28. The van der Waals surface area contributed by atoms with Crippen LogP contribution in [0.15, 0.2) is 12.3 Å². The van der Waals surface area contributed by atoms with E-state index in [1.54, 1.807) is 24.0 Å². The molecule has 0 spiro atoms. The molecule has 24 heavy (non-hydrogen) atoms. The number of piperidine rings is 1. The average molecular weight is 336 g/mol. The third kappa shape index (κ3) is 5.54. The summed E-state index contributed by atoms with van der Waals surface area (Å²) in [7, 11) is 1.81. The van der Waals surface area contributed by atoms with Gasteiger partial charge in [-0.15, -0.1) is 0 Å². The van der Waals surface area contributed by atoms with E-state index >= 15 is 0 Å². The fourth-order valence-electron chi connectivity index (χ4n) is 2.91. The van der Waals surface area contributed by atoms with E-state index in [0.717, 1.165) is 19.3 Å². The lowest BCUT2D eigenvalue weighted by Gasteiger charge is -2.35. The maximum Gasteiger partial charge on any atom is 0.323 e. The smallest absolute Gasteiger partial charge is 0.323 e. The molecule has 0 saturated carbocycles. The number of nitrogens with one attached hydrogen (secondary N) is 1. The number of urea groups is 1. The lowest BCUT2D eigenvalue weighted by atomic mass is 9.98. The standard InChI is InChI=1S/C17H28N4O3/c1-17(2,3)24-15(22)9-8-13-7-5-6-11-21(13)16(23)18-14-10-12-20(4)19-14/h10,12-13H,5-9,11H2,1-4H3,(H,18,19,23)/t13-/m1/s1. The van der Waals surface area contributed by atoms with E-state index in [2.05, 4.69) is 10.4 Å². The molecule has 7 nitrogen and oxygen atoms in total. The number of rotatable bonds is 4. The molecule has 1 aliphatic heterocycles. The summed E-state index contributed by atoms with van der Waals surface area (Å²) >= 11 is 0. The highest BCUT2D eigenvalue weighted by Crippen LogP contribution is 2.22. The van der Waals surface area contributed by atoms with Gasteiger partial charge in [0.1, 0.15) is 5.60 Å². The van der Waals surface area contributed by atoms with E-state index in [1.807, 2.05) is 25.7 Å². The van der Waals surface area contributed by atoms with Crippen LogP contribution in [0.2, 0.25) is 0 Å². The summed E-state index contributed by atoms with van der Waals surface area (Å²) in [6.45, 7) is 6.28. The van der Waals surface area contributed by atoms with Crippen molar-refractivity contribution in [3.05, 3.63) is 12.3 Å². The average Bonchev–Trinajstić information content (AvgIpc) is 2.89. The molecule has 1 atom stereocenters. The van der Waals surface area contributed by atoms with Gasteiger partial charge in [0.2, 0.25) is 0 Å². The van der Waals surface area contributed by atoms with Crippen LogP contribution in [0.5, 0.6) is 0 Å². The molecule has 1 fully saturated rings. The lowest BCUT2D eigenvalue weighted by molar-refractivity contribution is -0.155. The summed E-state index contributed by atoms with van der Waals surface area (Å²) in [5, 5.41) is 7.00. The molecule has 1 aromatic rings. The molecule has 0 unspecified atom stereocenters. The van der Waals surface area contributed by atoms with Gasteiger partial charge >= 0.3 is 12.0 Å². The monoisotopic (exact) mass is 336 g/mol.